The summed E-state index contributed by atoms with van der Waals surface area (Å²) >= 11 is 0. The smallest absolute Gasteiger partial charge is 0.257 e. The Morgan fingerprint density at radius 1 is 0.931 bits per heavy atom. The first-order valence-electron chi connectivity index (χ1n) is 8.61. The van der Waals surface area contributed by atoms with Gasteiger partial charge in [0.05, 0.1) is 28.7 Å². The Kier molecular flexibility index (Phi) is 5.68. The summed E-state index contributed by atoms with van der Waals surface area (Å²) in [5.41, 5.74) is 6.88. The molecule has 0 saturated carbocycles. The van der Waals surface area contributed by atoms with Crippen LogP contribution in [-0.4, -0.2) is 40.8 Å². The monoisotopic (exact) mass is 394 g/mol. The van der Waals surface area contributed by atoms with E-state index in [0.29, 0.717) is 28.6 Å². The van der Waals surface area contributed by atoms with E-state index in [1.54, 1.807) is 44.4 Å². The minimum absolute atomic E-state index is 0.275. The topological polar surface area (TPSA) is 113 Å². The van der Waals surface area contributed by atoms with Crippen molar-refractivity contribution in [1.82, 2.24) is 14.9 Å². The van der Waals surface area contributed by atoms with E-state index in [9.17, 15) is 14.0 Å². The Balaban J connectivity index is 2.00. The number of carbonyl (C=O) groups excluding carboxylic acids is 2. The summed E-state index contributed by atoms with van der Waals surface area (Å²) in [7, 11) is 3.25. The highest BCUT2D eigenvalue weighted by Crippen LogP contribution is 2.27. The standard InChI is InChI=1S/C20H19FN6O2/c1-27(2)20(29)14-11-24-18(26-17-8-7-12(21)10-23-17)9-16(14)25-15-6-4-3-5-13(15)19(22)28/h3-11H,1-2H3,(H2,22,28)(H2,23,24,25,26). The van der Waals surface area contributed by atoms with E-state index in [1.165, 1.54) is 23.2 Å². The zero-order valence-corrected chi connectivity index (χ0v) is 15.8. The summed E-state index contributed by atoms with van der Waals surface area (Å²) in [4.78, 5) is 33.9. The van der Waals surface area contributed by atoms with Gasteiger partial charge in [-0.25, -0.2) is 14.4 Å². The van der Waals surface area contributed by atoms with Crippen molar-refractivity contribution in [3.8, 4) is 0 Å². The van der Waals surface area contributed by atoms with Crippen LogP contribution in [0.3, 0.4) is 0 Å². The van der Waals surface area contributed by atoms with Crippen molar-refractivity contribution in [3.05, 3.63) is 71.8 Å². The highest BCUT2D eigenvalue weighted by Gasteiger charge is 2.17. The van der Waals surface area contributed by atoms with E-state index >= 15 is 0 Å². The van der Waals surface area contributed by atoms with Gasteiger partial charge in [0.25, 0.3) is 11.8 Å². The predicted octanol–water partition coefficient (Wildman–Crippen LogP) is 2.90. The third-order valence-corrected chi connectivity index (χ3v) is 3.99. The molecule has 0 aliphatic carbocycles. The SMILES string of the molecule is CN(C)C(=O)c1cnc(Nc2ccc(F)cn2)cc1Nc1ccccc1C(N)=O. The third kappa shape index (κ3) is 4.64. The molecule has 0 bridgehead atoms. The molecule has 0 aliphatic heterocycles. The highest BCUT2D eigenvalue weighted by molar-refractivity contribution is 6.03. The highest BCUT2D eigenvalue weighted by atomic mass is 19.1. The van der Waals surface area contributed by atoms with Gasteiger partial charge in [-0.05, 0) is 24.3 Å². The first-order valence-corrected chi connectivity index (χ1v) is 8.61. The second-order valence-corrected chi connectivity index (χ2v) is 6.34. The van der Waals surface area contributed by atoms with Crippen molar-refractivity contribution in [1.29, 1.82) is 0 Å². The Morgan fingerprint density at radius 2 is 1.66 bits per heavy atom. The molecule has 3 aromatic rings. The van der Waals surface area contributed by atoms with Gasteiger partial charge in [0.15, 0.2) is 0 Å². The number of primary amides is 1. The first kappa shape index (κ1) is 19.7. The van der Waals surface area contributed by atoms with E-state index in [1.807, 2.05) is 0 Å². The molecular formula is C20H19FN6O2. The van der Waals surface area contributed by atoms with Crippen LogP contribution in [0.25, 0.3) is 0 Å². The van der Waals surface area contributed by atoms with Crippen LogP contribution in [0.1, 0.15) is 20.7 Å². The van der Waals surface area contributed by atoms with E-state index in [-0.39, 0.29) is 11.5 Å². The fourth-order valence-corrected chi connectivity index (χ4v) is 2.57. The van der Waals surface area contributed by atoms with Crippen molar-refractivity contribution in [2.75, 3.05) is 24.7 Å². The van der Waals surface area contributed by atoms with Gasteiger partial charge in [-0.1, -0.05) is 12.1 Å². The maximum atomic E-state index is 13.1. The van der Waals surface area contributed by atoms with Crippen LogP contribution in [0.5, 0.6) is 0 Å². The van der Waals surface area contributed by atoms with Crippen molar-refractivity contribution in [2.45, 2.75) is 0 Å². The number of halogens is 1. The Hall–Kier alpha value is -4.01. The second-order valence-electron chi connectivity index (χ2n) is 6.34. The molecule has 2 amide bonds. The minimum atomic E-state index is -0.600. The molecule has 8 nitrogen and oxygen atoms in total. The summed E-state index contributed by atoms with van der Waals surface area (Å²) in [5, 5.41) is 6.03. The quantitative estimate of drug-likeness (QED) is 0.592. The molecule has 2 aromatic heterocycles. The van der Waals surface area contributed by atoms with Crippen LogP contribution in [0.2, 0.25) is 0 Å². The third-order valence-electron chi connectivity index (χ3n) is 3.99. The number of rotatable bonds is 6. The zero-order chi connectivity index (χ0) is 21.0. The number of anilines is 4. The second kappa shape index (κ2) is 8.34. The van der Waals surface area contributed by atoms with E-state index < -0.39 is 11.7 Å². The van der Waals surface area contributed by atoms with E-state index in [4.69, 9.17) is 5.73 Å². The van der Waals surface area contributed by atoms with Crippen LogP contribution in [0, 0.1) is 5.82 Å². The lowest BCUT2D eigenvalue weighted by molar-refractivity contribution is 0.0828. The van der Waals surface area contributed by atoms with Crippen molar-refractivity contribution in [2.24, 2.45) is 5.73 Å². The molecule has 29 heavy (non-hydrogen) atoms. The number of nitrogens with one attached hydrogen (secondary N) is 2. The number of para-hydroxylation sites is 1. The molecule has 0 radical (unpaired) electrons. The van der Waals surface area contributed by atoms with Gasteiger partial charge < -0.3 is 21.3 Å². The molecule has 0 unspecified atom stereocenters. The lowest BCUT2D eigenvalue weighted by Gasteiger charge is -2.17. The number of benzene rings is 1. The molecule has 9 heteroatoms. The fourth-order valence-electron chi connectivity index (χ4n) is 2.57. The predicted molar refractivity (Wildman–Crippen MR) is 108 cm³/mol. The van der Waals surface area contributed by atoms with Gasteiger partial charge in [-0.3, -0.25) is 9.59 Å². The minimum Gasteiger partial charge on any atom is -0.366 e. The number of hydrogen-bond acceptors (Lipinski definition) is 6. The maximum Gasteiger partial charge on any atom is 0.257 e. The average Bonchev–Trinajstić information content (AvgIpc) is 2.69. The molecule has 0 atom stereocenters. The Bertz CT molecular complexity index is 1050. The zero-order valence-electron chi connectivity index (χ0n) is 15.8. The van der Waals surface area contributed by atoms with Crippen LogP contribution >= 0.6 is 0 Å². The largest absolute Gasteiger partial charge is 0.366 e. The fraction of sp³-hybridized carbons (Fsp3) is 0.100. The van der Waals surface area contributed by atoms with Crippen molar-refractivity contribution >= 4 is 34.8 Å². The lowest BCUT2D eigenvalue weighted by Crippen LogP contribution is -2.23. The normalized spacial score (nSPS) is 10.3. The number of nitrogens with zero attached hydrogens (tertiary/aromatic N) is 3. The number of amides is 2. The van der Waals surface area contributed by atoms with Crippen molar-refractivity contribution < 1.29 is 14.0 Å². The number of aromatic nitrogens is 2. The number of pyridine rings is 2. The van der Waals surface area contributed by atoms with Gasteiger partial charge >= 0.3 is 0 Å². The summed E-state index contributed by atoms with van der Waals surface area (Å²) < 4.78 is 13.1. The molecule has 4 N–H and O–H groups in total. The van der Waals surface area contributed by atoms with Crippen LogP contribution < -0.4 is 16.4 Å². The number of hydrogen-bond donors (Lipinski definition) is 3. The molecule has 2 heterocycles. The summed E-state index contributed by atoms with van der Waals surface area (Å²) in [6.45, 7) is 0. The average molecular weight is 394 g/mol. The van der Waals surface area contributed by atoms with E-state index in [2.05, 4.69) is 20.6 Å². The van der Waals surface area contributed by atoms with Gasteiger partial charge in [0, 0.05) is 26.4 Å². The first-order chi connectivity index (χ1) is 13.8. The van der Waals surface area contributed by atoms with Gasteiger partial charge in [0.1, 0.15) is 17.5 Å². The molecule has 0 saturated heterocycles. The van der Waals surface area contributed by atoms with Crippen LogP contribution in [0.4, 0.5) is 27.4 Å². The number of nitrogens with two attached hydrogens (primary N) is 1. The van der Waals surface area contributed by atoms with E-state index in [0.717, 1.165) is 6.20 Å². The Morgan fingerprint density at radius 3 is 2.31 bits per heavy atom. The van der Waals surface area contributed by atoms with Gasteiger partial charge in [-0.2, -0.15) is 0 Å². The molecule has 1 aromatic carbocycles. The summed E-state index contributed by atoms with van der Waals surface area (Å²) in [6, 6.07) is 11.0. The molecule has 0 spiro atoms. The van der Waals surface area contributed by atoms with Gasteiger partial charge in [-0.15, -0.1) is 0 Å². The molecule has 148 valence electrons. The number of carbonyl (C=O) groups is 2. The van der Waals surface area contributed by atoms with Crippen LogP contribution in [0.15, 0.2) is 54.9 Å². The molecule has 0 fully saturated rings. The molecule has 3 rings (SSSR count). The molecule has 0 aliphatic rings. The molecular weight excluding hydrogens is 375 g/mol. The maximum absolute atomic E-state index is 13.1. The Labute approximate surface area is 166 Å². The lowest BCUT2D eigenvalue weighted by atomic mass is 10.1. The van der Waals surface area contributed by atoms with Crippen molar-refractivity contribution in [3.63, 3.8) is 0 Å². The summed E-state index contributed by atoms with van der Waals surface area (Å²) in [5.74, 6) is -0.576. The van der Waals surface area contributed by atoms with Crippen LogP contribution in [-0.2, 0) is 0 Å². The van der Waals surface area contributed by atoms with Gasteiger partial charge in [0.2, 0.25) is 0 Å². The summed E-state index contributed by atoms with van der Waals surface area (Å²) in [6.07, 6.45) is 2.48.